The van der Waals surface area contributed by atoms with Gasteiger partial charge in [0.25, 0.3) is 5.89 Å². The smallest absolute Gasteiger partial charge is 0.264 e. The number of rotatable bonds is 7. The van der Waals surface area contributed by atoms with Crippen LogP contribution < -0.4 is 9.47 Å². The molecule has 0 aliphatic carbocycles. The zero-order valence-electron chi connectivity index (χ0n) is 12.5. The molecule has 0 unspecified atom stereocenters. The summed E-state index contributed by atoms with van der Waals surface area (Å²) in [6.45, 7) is 3.89. The summed E-state index contributed by atoms with van der Waals surface area (Å²) in [6.07, 6.45) is 1.10. The van der Waals surface area contributed by atoms with Crippen molar-refractivity contribution in [2.45, 2.75) is 39.4 Å². The number of aliphatic hydroxyl groups excluding tert-OH is 1. The van der Waals surface area contributed by atoms with Crippen LogP contribution >= 0.6 is 0 Å². The highest BCUT2D eigenvalue weighted by Gasteiger charge is 2.13. The molecule has 0 bridgehead atoms. The lowest BCUT2D eigenvalue weighted by Crippen LogP contribution is -2.02. The van der Waals surface area contributed by atoms with Gasteiger partial charge in [0.1, 0.15) is 11.5 Å². The summed E-state index contributed by atoms with van der Waals surface area (Å²) >= 11 is 0. The molecule has 0 radical (unpaired) electrons. The van der Waals surface area contributed by atoms with Crippen LogP contribution in [0.3, 0.4) is 0 Å². The van der Waals surface area contributed by atoms with E-state index in [0.29, 0.717) is 28.8 Å². The molecule has 6 heteroatoms. The second-order valence-corrected chi connectivity index (χ2v) is 4.72. The van der Waals surface area contributed by atoms with Crippen LogP contribution in [-0.2, 0) is 13.0 Å². The first kappa shape index (κ1) is 15.3. The molecule has 0 aliphatic rings. The van der Waals surface area contributed by atoms with E-state index in [0.717, 1.165) is 12.8 Å². The highest BCUT2D eigenvalue weighted by atomic mass is 16.5. The van der Waals surface area contributed by atoms with Crippen molar-refractivity contribution >= 4 is 0 Å². The van der Waals surface area contributed by atoms with Gasteiger partial charge in [0, 0.05) is 18.1 Å². The molecular formula is C15H20N2O4. The number of hydrogen-bond donors (Lipinski definition) is 1. The van der Waals surface area contributed by atoms with E-state index in [2.05, 4.69) is 17.1 Å². The van der Waals surface area contributed by atoms with E-state index in [1.165, 1.54) is 0 Å². The van der Waals surface area contributed by atoms with Crippen molar-refractivity contribution in [1.29, 1.82) is 0 Å². The van der Waals surface area contributed by atoms with Gasteiger partial charge in [0.05, 0.1) is 13.2 Å². The summed E-state index contributed by atoms with van der Waals surface area (Å²) < 4.78 is 16.0. The summed E-state index contributed by atoms with van der Waals surface area (Å²) in [4.78, 5) is 4.24. The van der Waals surface area contributed by atoms with E-state index >= 15 is 0 Å². The molecule has 1 heterocycles. The van der Waals surface area contributed by atoms with Crippen LogP contribution in [0.5, 0.6) is 11.5 Å². The van der Waals surface area contributed by atoms with Gasteiger partial charge in [0.2, 0.25) is 0 Å². The number of aliphatic hydroxyl groups is 1. The monoisotopic (exact) mass is 292 g/mol. The van der Waals surface area contributed by atoms with Crippen LogP contribution in [0.1, 0.15) is 43.7 Å². The van der Waals surface area contributed by atoms with Crippen LogP contribution in [0.2, 0.25) is 0 Å². The molecule has 6 nitrogen and oxygen atoms in total. The van der Waals surface area contributed by atoms with Crippen LogP contribution in [-0.4, -0.2) is 22.4 Å². The van der Waals surface area contributed by atoms with Gasteiger partial charge in [-0.3, -0.25) is 0 Å². The number of nitrogens with zero attached hydrogens (tertiary/aromatic N) is 2. The second-order valence-electron chi connectivity index (χ2n) is 4.72. The molecule has 0 amide bonds. The number of benzene rings is 1. The molecule has 0 saturated heterocycles. The number of ether oxygens (including phenoxy) is 2. The minimum absolute atomic E-state index is 0.156. The van der Waals surface area contributed by atoms with Crippen molar-refractivity contribution in [3.8, 4) is 11.5 Å². The maximum atomic E-state index is 9.77. The largest absolute Gasteiger partial charge is 0.497 e. The zero-order chi connectivity index (χ0) is 15.2. The third-order valence-electron chi connectivity index (χ3n) is 3.01. The highest BCUT2D eigenvalue weighted by Crippen LogP contribution is 2.30. The van der Waals surface area contributed by atoms with Crippen molar-refractivity contribution < 1.29 is 19.1 Å². The predicted octanol–water partition coefficient (Wildman–Crippen LogP) is 2.66. The zero-order valence-corrected chi connectivity index (χ0v) is 12.5. The first-order valence-corrected chi connectivity index (χ1v) is 6.94. The number of aryl methyl sites for hydroxylation is 1. The van der Waals surface area contributed by atoms with Gasteiger partial charge < -0.3 is 19.1 Å². The average molecular weight is 292 g/mol. The van der Waals surface area contributed by atoms with Gasteiger partial charge in [-0.15, -0.1) is 0 Å². The van der Waals surface area contributed by atoms with Gasteiger partial charge in [-0.25, -0.2) is 0 Å². The fourth-order valence-electron chi connectivity index (χ4n) is 1.93. The molecule has 1 aromatic carbocycles. The normalized spacial score (nSPS) is 12.2. The number of methoxy groups -OCH3 is 1. The molecule has 1 N–H and O–H groups in total. The third-order valence-corrected chi connectivity index (χ3v) is 3.01. The van der Waals surface area contributed by atoms with E-state index < -0.39 is 6.10 Å². The topological polar surface area (TPSA) is 77.6 Å². The molecule has 0 saturated carbocycles. The molecule has 0 aliphatic heterocycles. The molecule has 114 valence electrons. The van der Waals surface area contributed by atoms with E-state index in [9.17, 15) is 5.11 Å². The summed E-state index contributed by atoms with van der Waals surface area (Å²) in [5.74, 6) is 2.29. The van der Waals surface area contributed by atoms with Crippen molar-refractivity contribution in [2.75, 3.05) is 7.11 Å². The van der Waals surface area contributed by atoms with Crippen molar-refractivity contribution in [1.82, 2.24) is 10.1 Å². The lowest BCUT2D eigenvalue weighted by molar-refractivity contribution is 0.185. The molecule has 0 fully saturated rings. The minimum atomic E-state index is -0.635. The Kier molecular flexibility index (Phi) is 5.16. The highest BCUT2D eigenvalue weighted by molar-refractivity contribution is 5.41. The molecule has 2 rings (SSSR count). The van der Waals surface area contributed by atoms with Gasteiger partial charge in [0.15, 0.2) is 12.4 Å². The van der Waals surface area contributed by atoms with Gasteiger partial charge in [-0.2, -0.15) is 4.98 Å². The predicted molar refractivity (Wildman–Crippen MR) is 76.3 cm³/mol. The Balaban J connectivity index is 2.10. The summed E-state index contributed by atoms with van der Waals surface area (Å²) in [5, 5.41) is 13.6. The lowest BCUT2D eigenvalue weighted by atomic mass is 10.1. The van der Waals surface area contributed by atoms with E-state index in [4.69, 9.17) is 14.0 Å². The Labute approximate surface area is 123 Å². The molecule has 1 aromatic heterocycles. The third kappa shape index (κ3) is 3.95. The second kappa shape index (κ2) is 7.08. The average Bonchev–Trinajstić information content (AvgIpc) is 2.92. The van der Waals surface area contributed by atoms with Gasteiger partial charge >= 0.3 is 0 Å². The first-order valence-electron chi connectivity index (χ1n) is 6.94. The maximum Gasteiger partial charge on any atom is 0.264 e. The Bertz CT molecular complexity index is 581. The Hall–Kier alpha value is -2.08. The molecular weight excluding hydrogens is 272 g/mol. The van der Waals surface area contributed by atoms with E-state index in [1.807, 2.05) is 0 Å². The van der Waals surface area contributed by atoms with Crippen LogP contribution in [0, 0.1) is 0 Å². The first-order chi connectivity index (χ1) is 10.1. The Morgan fingerprint density at radius 1 is 1.38 bits per heavy atom. The quantitative estimate of drug-likeness (QED) is 0.845. The Morgan fingerprint density at radius 3 is 2.86 bits per heavy atom. The SMILES string of the molecule is CCCc1noc(COc2cc(OC)ccc2[C@H](C)O)n1. The number of hydrogen-bond acceptors (Lipinski definition) is 6. The molecule has 1 atom stereocenters. The lowest BCUT2D eigenvalue weighted by Gasteiger charge is -2.13. The van der Waals surface area contributed by atoms with Gasteiger partial charge in [-0.05, 0) is 25.5 Å². The van der Waals surface area contributed by atoms with E-state index in [1.54, 1.807) is 32.2 Å². The maximum absolute atomic E-state index is 9.77. The fourth-order valence-corrected chi connectivity index (χ4v) is 1.93. The number of aromatic nitrogens is 2. The van der Waals surface area contributed by atoms with E-state index in [-0.39, 0.29) is 6.61 Å². The minimum Gasteiger partial charge on any atom is -0.497 e. The van der Waals surface area contributed by atoms with Crippen molar-refractivity contribution in [3.63, 3.8) is 0 Å². The fraction of sp³-hybridized carbons (Fsp3) is 0.467. The van der Waals surface area contributed by atoms with Crippen molar-refractivity contribution in [3.05, 3.63) is 35.5 Å². The molecule has 0 spiro atoms. The molecule has 2 aromatic rings. The summed E-state index contributed by atoms with van der Waals surface area (Å²) in [7, 11) is 1.58. The standard InChI is InChI=1S/C15H20N2O4/c1-4-5-14-16-15(21-17-14)9-20-13-8-11(19-3)6-7-12(13)10(2)18/h6-8,10,18H,4-5,9H2,1-3H3/t10-/m0/s1. The Morgan fingerprint density at radius 2 is 2.19 bits per heavy atom. The summed E-state index contributed by atoms with van der Waals surface area (Å²) in [5.41, 5.74) is 0.684. The van der Waals surface area contributed by atoms with Crippen molar-refractivity contribution in [2.24, 2.45) is 0 Å². The molecule has 21 heavy (non-hydrogen) atoms. The van der Waals surface area contributed by atoms with Crippen LogP contribution in [0.15, 0.2) is 22.7 Å². The van der Waals surface area contributed by atoms with Crippen LogP contribution in [0.4, 0.5) is 0 Å². The van der Waals surface area contributed by atoms with Gasteiger partial charge in [-0.1, -0.05) is 12.1 Å². The van der Waals surface area contributed by atoms with Crippen LogP contribution in [0.25, 0.3) is 0 Å². The summed E-state index contributed by atoms with van der Waals surface area (Å²) in [6, 6.07) is 5.28.